The molecule has 0 saturated heterocycles. The van der Waals surface area contributed by atoms with Crippen molar-refractivity contribution >= 4 is 27.5 Å². The Labute approximate surface area is 107 Å². The molecule has 17 heavy (non-hydrogen) atoms. The summed E-state index contributed by atoms with van der Waals surface area (Å²) in [6.07, 6.45) is 3.40. The summed E-state index contributed by atoms with van der Waals surface area (Å²) < 4.78 is 7.80. The van der Waals surface area contributed by atoms with Gasteiger partial charge in [-0.3, -0.25) is 9.20 Å². The molecule has 0 radical (unpaired) electrons. The first-order chi connectivity index (χ1) is 8.04. The van der Waals surface area contributed by atoms with Crippen LogP contribution >= 0.6 is 15.9 Å². The van der Waals surface area contributed by atoms with Crippen molar-refractivity contribution in [2.75, 3.05) is 21.2 Å². The first kappa shape index (κ1) is 11.9. The fourth-order valence-electron chi connectivity index (χ4n) is 1.55. The van der Waals surface area contributed by atoms with E-state index in [0.29, 0.717) is 11.3 Å². The average Bonchev–Trinajstić information content (AvgIpc) is 2.68. The van der Waals surface area contributed by atoms with E-state index in [4.69, 9.17) is 4.74 Å². The van der Waals surface area contributed by atoms with Crippen molar-refractivity contribution in [3.05, 3.63) is 28.6 Å². The number of halogens is 1. The summed E-state index contributed by atoms with van der Waals surface area (Å²) in [7, 11) is 4.94. The van der Waals surface area contributed by atoms with Crippen molar-refractivity contribution < 1.29 is 9.53 Å². The minimum Gasteiger partial charge on any atom is -0.496 e. The summed E-state index contributed by atoms with van der Waals surface area (Å²) >= 11 is 3.37. The summed E-state index contributed by atoms with van der Waals surface area (Å²) in [5, 5.41) is 0. The van der Waals surface area contributed by atoms with Gasteiger partial charge in [-0.1, -0.05) is 0 Å². The smallest absolute Gasteiger partial charge is 0.258 e. The Bertz CT molecular complexity index is 577. The second-order valence-corrected chi connectivity index (χ2v) is 4.58. The van der Waals surface area contributed by atoms with Crippen LogP contribution in [0.1, 0.15) is 10.4 Å². The number of nitrogens with zero attached hydrogens (tertiary/aromatic N) is 3. The molecule has 6 heteroatoms. The second kappa shape index (κ2) is 4.37. The zero-order valence-corrected chi connectivity index (χ0v) is 11.4. The third kappa shape index (κ3) is 2.00. The Kier molecular flexibility index (Phi) is 3.06. The number of amides is 1. The molecule has 0 aliphatic heterocycles. The summed E-state index contributed by atoms with van der Waals surface area (Å²) in [5.74, 6) is 0.415. The fraction of sp³-hybridized carbons (Fsp3) is 0.273. The second-order valence-electron chi connectivity index (χ2n) is 3.76. The Morgan fingerprint density at radius 2 is 2.24 bits per heavy atom. The molecule has 1 amide bonds. The maximum Gasteiger partial charge on any atom is 0.258 e. The molecule has 0 unspecified atom stereocenters. The quantitative estimate of drug-likeness (QED) is 0.849. The van der Waals surface area contributed by atoms with Crippen LogP contribution in [-0.4, -0.2) is 41.4 Å². The highest BCUT2D eigenvalue weighted by Crippen LogP contribution is 2.24. The minimum absolute atomic E-state index is 0.107. The molecule has 0 aliphatic carbocycles. The first-order valence-corrected chi connectivity index (χ1v) is 5.76. The maximum absolute atomic E-state index is 12.0. The molecule has 0 aromatic carbocycles. The average molecular weight is 298 g/mol. The molecular weight excluding hydrogens is 286 g/mol. The number of hydrogen-bond donors (Lipinski definition) is 0. The van der Waals surface area contributed by atoms with Gasteiger partial charge in [0.25, 0.3) is 5.91 Å². The number of methoxy groups -OCH3 is 1. The third-order valence-corrected chi connectivity index (χ3v) is 3.01. The van der Waals surface area contributed by atoms with Crippen LogP contribution in [0.3, 0.4) is 0 Å². The van der Waals surface area contributed by atoms with Gasteiger partial charge in [0.2, 0.25) is 0 Å². The minimum atomic E-state index is -0.107. The van der Waals surface area contributed by atoms with Crippen LogP contribution in [0, 0.1) is 0 Å². The molecule has 0 bridgehead atoms. The first-order valence-electron chi connectivity index (χ1n) is 4.97. The molecule has 0 fully saturated rings. The highest BCUT2D eigenvalue weighted by atomic mass is 79.9. The topological polar surface area (TPSA) is 46.8 Å². The number of pyridine rings is 1. The molecule has 0 spiro atoms. The molecule has 90 valence electrons. The summed E-state index contributed by atoms with van der Waals surface area (Å²) in [5.41, 5.74) is 1.23. The molecule has 2 aromatic heterocycles. The van der Waals surface area contributed by atoms with Gasteiger partial charge in [0.05, 0.1) is 18.9 Å². The zero-order chi connectivity index (χ0) is 12.6. The molecular formula is C11H12BrN3O2. The van der Waals surface area contributed by atoms with Crippen molar-refractivity contribution in [3.63, 3.8) is 0 Å². The van der Waals surface area contributed by atoms with Crippen molar-refractivity contribution in [2.45, 2.75) is 0 Å². The van der Waals surface area contributed by atoms with Crippen molar-refractivity contribution in [1.82, 2.24) is 14.3 Å². The van der Waals surface area contributed by atoms with Crippen molar-refractivity contribution in [1.29, 1.82) is 0 Å². The molecule has 2 heterocycles. The lowest BCUT2D eigenvalue weighted by atomic mass is 10.2. The molecule has 2 rings (SSSR count). The van der Waals surface area contributed by atoms with Gasteiger partial charge in [-0.05, 0) is 15.9 Å². The van der Waals surface area contributed by atoms with Gasteiger partial charge in [0.15, 0.2) is 0 Å². The molecule has 0 N–H and O–H groups in total. The van der Waals surface area contributed by atoms with E-state index < -0.39 is 0 Å². The Balaban J connectivity index is 2.67. The lowest BCUT2D eigenvalue weighted by Crippen LogP contribution is -2.22. The lowest BCUT2D eigenvalue weighted by Gasteiger charge is -2.13. The highest BCUT2D eigenvalue weighted by molar-refractivity contribution is 9.10. The highest BCUT2D eigenvalue weighted by Gasteiger charge is 2.16. The number of carbonyl (C=O) groups is 1. The standard InChI is InChI=1S/C11H12BrN3O2/c1-14(2)11(16)7-6-15-9(12)5-13-10(15)4-8(7)17-3/h4-6H,1-3H3. The SMILES string of the molecule is COc1cc2ncc(Br)n2cc1C(=O)N(C)C. The lowest BCUT2D eigenvalue weighted by molar-refractivity contribution is 0.0823. The van der Waals surface area contributed by atoms with Gasteiger partial charge >= 0.3 is 0 Å². The predicted molar refractivity (Wildman–Crippen MR) is 67.5 cm³/mol. The number of aromatic nitrogens is 2. The van der Waals surface area contributed by atoms with Gasteiger partial charge in [0, 0.05) is 26.4 Å². The molecule has 2 aromatic rings. The maximum atomic E-state index is 12.0. The van der Waals surface area contributed by atoms with Gasteiger partial charge < -0.3 is 9.64 Å². The number of rotatable bonds is 2. The van der Waals surface area contributed by atoms with Crippen LogP contribution in [-0.2, 0) is 0 Å². The van der Waals surface area contributed by atoms with E-state index in [2.05, 4.69) is 20.9 Å². The third-order valence-electron chi connectivity index (χ3n) is 2.42. The van der Waals surface area contributed by atoms with E-state index in [1.54, 1.807) is 37.0 Å². The molecule has 0 atom stereocenters. The zero-order valence-electron chi connectivity index (χ0n) is 9.77. The molecule has 0 aliphatic rings. The largest absolute Gasteiger partial charge is 0.496 e. The number of imidazole rings is 1. The van der Waals surface area contributed by atoms with Crippen LogP contribution in [0.5, 0.6) is 5.75 Å². The monoisotopic (exact) mass is 297 g/mol. The van der Waals surface area contributed by atoms with Gasteiger partial charge in [0.1, 0.15) is 16.0 Å². The van der Waals surface area contributed by atoms with Gasteiger partial charge in [-0.25, -0.2) is 4.98 Å². The Hall–Kier alpha value is -1.56. The number of ether oxygens (including phenoxy) is 1. The van der Waals surface area contributed by atoms with Crippen molar-refractivity contribution in [2.24, 2.45) is 0 Å². The van der Waals surface area contributed by atoms with Crippen LogP contribution in [0.15, 0.2) is 23.1 Å². The van der Waals surface area contributed by atoms with Gasteiger partial charge in [-0.2, -0.15) is 0 Å². The van der Waals surface area contributed by atoms with E-state index in [9.17, 15) is 4.79 Å². The normalized spacial score (nSPS) is 10.6. The van der Waals surface area contributed by atoms with Crippen molar-refractivity contribution in [3.8, 4) is 5.75 Å². The van der Waals surface area contributed by atoms with Crippen LogP contribution < -0.4 is 4.74 Å². The number of hydrogen-bond acceptors (Lipinski definition) is 3. The summed E-state index contributed by atoms with van der Waals surface area (Å²) in [6.45, 7) is 0. The van der Waals surface area contributed by atoms with Gasteiger partial charge in [-0.15, -0.1) is 0 Å². The van der Waals surface area contributed by atoms with E-state index in [-0.39, 0.29) is 5.91 Å². The Morgan fingerprint density at radius 3 is 2.82 bits per heavy atom. The van der Waals surface area contributed by atoms with Crippen LogP contribution in [0.25, 0.3) is 5.65 Å². The fourth-order valence-corrected chi connectivity index (χ4v) is 1.93. The Morgan fingerprint density at radius 1 is 1.53 bits per heavy atom. The molecule has 0 saturated carbocycles. The van der Waals surface area contributed by atoms with Crippen LogP contribution in [0.2, 0.25) is 0 Å². The number of fused-ring (bicyclic) bond motifs is 1. The molecule has 5 nitrogen and oxygen atoms in total. The van der Waals surface area contributed by atoms with Crippen LogP contribution in [0.4, 0.5) is 0 Å². The van der Waals surface area contributed by atoms with E-state index >= 15 is 0 Å². The number of carbonyl (C=O) groups excluding carboxylic acids is 1. The predicted octanol–water partition coefficient (Wildman–Crippen LogP) is 1.81. The summed E-state index contributed by atoms with van der Waals surface area (Å²) in [6, 6.07) is 1.74. The summed E-state index contributed by atoms with van der Waals surface area (Å²) in [4.78, 5) is 17.7. The van der Waals surface area contributed by atoms with E-state index in [0.717, 1.165) is 10.3 Å². The van der Waals surface area contributed by atoms with E-state index in [1.807, 2.05) is 0 Å². The van der Waals surface area contributed by atoms with E-state index in [1.165, 1.54) is 12.0 Å².